The highest BCUT2D eigenvalue weighted by molar-refractivity contribution is 7.99. The Balaban J connectivity index is 1.68. The summed E-state index contributed by atoms with van der Waals surface area (Å²) >= 11 is 1.95. The molecule has 0 bridgehead atoms. The SMILES string of the molecule is N#Cc1ccc2c(ccn2CC2CSc3ccccc32)c1. The van der Waals surface area contributed by atoms with Gasteiger partial charge in [-0.25, -0.2) is 0 Å². The van der Waals surface area contributed by atoms with Gasteiger partial charge < -0.3 is 4.57 Å². The van der Waals surface area contributed by atoms with Crippen LogP contribution < -0.4 is 0 Å². The number of fused-ring (bicyclic) bond motifs is 2. The van der Waals surface area contributed by atoms with Crippen molar-refractivity contribution in [1.82, 2.24) is 4.57 Å². The van der Waals surface area contributed by atoms with Crippen LogP contribution >= 0.6 is 11.8 Å². The van der Waals surface area contributed by atoms with Crippen molar-refractivity contribution in [2.45, 2.75) is 17.4 Å². The Morgan fingerprint density at radius 3 is 3.00 bits per heavy atom. The first-order valence-corrected chi connectivity index (χ1v) is 8.04. The standard InChI is InChI=1S/C18H14N2S/c19-10-13-5-6-17-14(9-13)7-8-20(17)11-15-12-21-18-4-2-1-3-16(15)18/h1-9,15H,11-12H2. The molecule has 0 N–H and O–H groups in total. The zero-order valence-electron chi connectivity index (χ0n) is 11.5. The number of aromatic nitrogens is 1. The highest BCUT2D eigenvalue weighted by Gasteiger charge is 2.23. The first-order valence-electron chi connectivity index (χ1n) is 7.06. The summed E-state index contributed by atoms with van der Waals surface area (Å²) < 4.78 is 2.31. The maximum Gasteiger partial charge on any atom is 0.0991 e. The molecule has 0 amide bonds. The molecule has 0 fully saturated rings. The molecule has 1 aliphatic rings. The van der Waals surface area contributed by atoms with Gasteiger partial charge in [-0.1, -0.05) is 18.2 Å². The normalized spacial score (nSPS) is 16.8. The van der Waals surface area contributed by atoms with Crippen molar-refractivity contribution in [3.8, 4) is 6.07 Å². The van der Waals surface area contributed by atoms with Gasteiger partial charge in [0.15, 0.2) is 0 Å². The Labute approximate surface area is 128 Å². The third-order valence-electron chi connectivity index (χ3n) is 4.12. The lowest BCUT2D eigenvalue weighted by Crippen LogP contribution is -2.07. The van der Waals surface area contributed by atoms with Crippen molar-refractivity contribution in [3.63, 3.8) is 0 Å². The fourth-order valence-corrected chi connectivity index (χ4v) is 4.29. The van der Waals surface area contributed by atoms with E-state index in [1.54, 1.807) is 0 Å². The topological polar surface area (TPSA) is 28.7 Å². The minimum absolute atomic E-state index is 0.567. The summed E-state index contributed by atoms with van der Waals surface area (Å²) in [5, 5.41) is 10.1. The zero-order valence-corrected chi connectivity index (χ0v) is 12.3. The van der Waals surface area contributed by atoms with E-state index in [2.05, 4.69) is 53.2 Å². The molecule has 0 saturated heterocycles. The van der Waals surface area contributed by atoms with Crippen LogP contribution in [0, 0.1) is 11.3 Å². The van der Waals surface area contributed by atoms with E-state index in [4.69, 9.17) is 5.26 Å². The molecule has 0 spiro atoms. The average Bonchev–Trinajstić information content (AvgIpc) is 3.12. The smallest absolute Gasteiger partial charge is 0.0991 e. The molecule has 1 aliphatic heterocycles. The molecular weight excluding hydrogens is 276 g/mol. The maximum atomic E-state index is 8.98. The molecule has 4 rings (SSSR count). The molecule has 3 aromatic rings. The van der Waals surface area contributed by atoms with Gasteiger partial charge in [-0.05, 0) is 35.9 Å². The third kappa shape index (κ3) is 2.12. The summed E-state index contributed by atoms with van der Waals surface area (Å²) in [4.78, 5) is 1.42. The van der Waals surface area contributed by atoms with Gasteiger partial charge in [-0.15, -0.1) is 11.8 Å². The van der Waals surface area contributed by atoms with Gasteiger partial charge >= 0.3 is 0 Å². The van der Waals surface area contributed by atoms with Gasteiger partial charge in [0.05, 0.1) is 11.6 Å². The lowest BCUT2D eigenvalue weighted by atomic mass is 10.0. The zero-order chi connectivity index (χ0) is 14.2. The number of hydrogen-bond acceptors (Lipinski definition) is 2. The molecule has 0 radical (unpaired) electrons. The van der Waals surface area contributed by atoms with Gasteiger partial charge in [0.25, 0.3) is 0 Å². The molecule has 0 saturated carbocycles. The fourth-order valence-electron chi connectivity index (χ4n) is 3.05. The van der Waals surface area contributed by atoms with Gasteiger partial charge in [0.2, 0.25) is 0 Å². The molecule has 102 valence electrons. The summed E-state index contributed by atoms with van der Waals surface area (Å²) in [5.41, 5.74) is 3.41. The summed E-state index contributed by atoms with van der Waals surface area (Å²) in [6, 6.07) is 18.9. The Bertz CT molecular complexity index is 857. The Morgan fingerprint density at radius 2 is 2.10 bits per heavy atom. The molecule has 3 heteroatoms. The first kappa shape index (κ1) is 12.6. The van der Waals surface area contributed by atoms with Crippen molar-refractivity contribution in [2.75, 3.05) is 5.75 Å². The quantitative estimate of drug-likeness (QED) is 0.699. The van der Waals surface area contributed by atoms with E-state index in [1.165, 1.54) is 16.0 Å². The molecule has 21 heavy (non-hydrogen) atoms. The number of hydrogen-bond donors (Lipinski definition) is 0. The van der Waals surface area contributed by atoms with Crippen molar-refractivity contribution >= 4 is 22.7 Å². The number of thioether (sulfide) groups is 1. The molecule has 1 unspecified atom stereocenters. The summed E-state index contributed by atoms with van der Waals surface area (Å²) in [6.07, 6.45) is 2.14. The van der Waals surface area contributed by atoms with Crippen molar-refractivity contribution in [1.29, 1.82) is 5.26 Å². The van der Waals surface area contributed by atoms with E-state index in [9.17, 15) is 0 Å². The predicted octanol–water partition coefficient (Wildman–Crippen LogP) is 4.40. The second kappa shape index (κ2) is 4.98. The van der Waals surface area contributed by atoms with Crippen LogP contribution in [0.3, 0.4) is 0 Å². The third-order valence-corrected chi connectivity index (χ3v) is 5.37. The lowest BCUT2D eigenvalue weighted by Gasteiger charge is -2.13. The highest BCUT2D eigenvalue weighted by Crippen LogP contribution is 2.40. The predicted molar refractivity (Wildman–Crippen MR) is 86.6 cm³/mol. The van der Waals surface area contributed by atoms with Crippen LogP contribution in [0.1, 0.15) is 17.0 Å². The maximum absolute atomic E-state index is 8.98. The van der Waals surface area contributed by atoms with E-state index in [1.807, 2.05) is 23.9 Å². The lowest BCUT2D eigenvalue weighted by molar-refractivity contribution is 0.623. The van der Waals surface area contributed by atoms with Crippen LogP contribution in [0.4, 0.5) is 0 Å². The van der Waals surface area contributed by atoms with E-state index < -0.39 is 0 Å². The molecule has 1 aromatic heterocycles. The van der Waals surface area contributed by atoms with E-state index in [0.29, 0.717) is 5.92 Å². The second-order valence-electron chi connectivity index (χ2n) is 5.40. The van der Waals surface area contributed by atoms with Crippen molar-refractivity contribution in [2.24, 2.45) is 0 Å². The largest absolute Gasteiger partial charge is 0.347 e. The number of benzene rings is 2. The molecular formula is C18H14N2S. The minimum atomic E-state index is 0.567. The summed E-state index contributed by atoms with van der Waals surface area (Å²) in [7, 11) is 0. The number of rotatable bonds is 2. The Kier molecular flexibility index (Phi) is 2.98. The van der Waals surface area contributed by atoms with Crippen molar-refractivity contribution < 1.29 is 0 Å². The van der Waals surface area contributed by atoms with Crippen molar-refractivity contribution in [3.05, 3.63) is 65.9 Å². The molecule has 1 atom stereocenters. The molecule has 2 aromatic carbocycles. The Morgan fingerprint density at radius 1 is 1.19 bits per heavy atom. The van der Waals surface area contributed by atoms with Crippen LogP contribution in [-0.4, -0.2) is 10.3 Å². The van der Waals surface area contributed by atoms with Crippen LogP contribution in [-0.2, 0) is 6.54 Å². The summed E-state index contributed by atoms with van der Waals surface area (Å²) in [5.74, 6) is 1.72. The molecule has 0 aliphatic carbocycles. The second-order valence-corrected chi connectivity index (χ2v) is 6.46. The number of nitrogens with zero attached hydrogens (tertiary/aromatic N) is 2. The highest BCUT2D eigenvalue weighted by atomic mass is 32.2. The van der Waals surface area contributed by atoms with Crippen LogP contribution in [0.15, 0.2) is 59.6 Å². The van der Waals surface area contributed by atoms with E-state index in [0.717, 1.165) is 23.2 Å². The van der Waals surface area contributed by atoms with E-state index >= 15 is 0 Å². The van der Waals surface area contributed by atoms with Gasteiger partial charge in [0.1, 0.15) is 0 Å². The van der Waals surface area contributed by atoms with Gasteiger partial charge in [-0.3, -0.25) is 0 Å². The number of nitriles is 1. The Hall–Kier alpha value is -2.18. The van der Waals surface area contributed by atoms with Crippen LogP contribution in [0.5, 0.6) is 0 Å². The minimum Gasteiger partial charge on any atom is -0.347 e. The van der Waals surface area contributed by atoms with Gasteiger partial charge in [0, 0.05) is 40.2 Å². The fraction of sp³-hybridized carbons (Fsp3) is 0.167. The van der Waals surface area contributed by atoms with Crippen LogP contribution in [0.25, 0.3) is 10.9 Å². The average molecular weight is 290 g/mol. The van der Waals surface area contributed by atoms with E-state index in [-0.39, 0.29) is 0 Å². The summed E-state index contributed by atoms with van der Waals surface area (Å²) in [6.45, 7) is 0.999. The van der Waals surface area contributed by atoms with Gasteiger partial charge in [-0.2, -0.15) is 5.26 Å². The van der Waals surface area contributed by atoms with Crippen LogP contribution in [0.2, 0.25) is 0 Å². The molecule has 2 heterocycles. The first-order chi connectivity index (χ1) is 10.3. The monoisotopic (exact) mass is 290 g/mol. The molecule has 2 nitrogen and oxygen atoms in total.